The Labute approximate surface area is 71.2 Å². The van der Waals surface area contributed by atoms with Gasteiger partial charge in [0, 0.05) is 11.1 Å². The average molecular weight is 165 g/mol. The SMILES string of the molecule is Cc1[c]c(C#N)c(C)c(Cl)c1. The topological polar surface area (TPSA) is 23.8 Å². The maximum Gasteiger partial charge on any atom is 0.100 e. The number of benzene rings is 1. The van der Waals surface area contributed by atoms with Gasteiger partial charge in [-0.25, -0.2) is 0 Å². The quantitative estimate of drug-likeness (QED) is 0.578. The van der Waals surface area contributed by atoms with Gasteiger partial charge in [0.1, 0.15) is 6.07 Å². The molecule has 0 aromatic heterocycles. The fraction of sp³-hybridized carbons (Fsp3) is 0.222. The van der Waals surface area contributed by atoms with Crippen molar-refractivity contribution in [1.29, 1.82) is 5.26 Å². The van der Waals surface area contributed by atoms with Crippen molar-refractivity contribution in [3.8, 4) is 6.07 Å². The molecular formula is C9H7ClN. The lowest BCUT2D eigenvalue weighted by Crippen LogP contribution is -1.85. The second-order valence-electron chi connectivity index (χ2n) is 2.41. The number of hydrogen-bond acceptors (Lipinski definition) is 1. The van der Waals surface area contributed by atoms with Crippen LogP contribution in [0.15, 0.2) is 6.07 Å². The Morgan fingerprint density at radius 3 is 2.73 bits per heavy atom. The zero-order valence-corrected chi connectivity index (χ0v) is 7.16. The van der Waals surface area contributed by atoms with Gasteiger partial charge in [-0.15, -0.1) is 0 Å². The molecule has 1 radical (unpaired) electrons. The Bertz CT molecular complexity index is 323. The fourth-order valence-electron chi connectivity index (χ4n) is 0.857. The molecule has 0 unspecified atom stereocenters. The van der Waals surface area contributed by atoms with Crippen LogP contribution in [0.25, 0.3) is 0 Å². The first-order valence-corrected chi connectivity index (χ1v) is 3.62. The van der Waals surface area contributed by atoms with E-state index < -0.39 is 0 Å². The van der Waals surface area contributed by atoms with Gasteiger partial charge < -0.3 is 0 Å². The van der Waals surface area contributed by atoms with E-state index in [9.17, 15) is 0 Å². The highest BCUT2D eigenvalue weighted by molar-refractivity contribution is 6.31. The van der Waals surface area contributed by atoms with Gasteiger partial charge >= 0.3 is 0 Å². The molecule has 1 aromatic rings. The van der Waals surface area contributed by atoms with E-state index in [0.717, 1.165) is 11.1 Å². The number of hydrogen-bond donors (Lipinski definition) is 0. The molecule has 0 aliphatic rings. The lowest BCUT2D eigenvalue weighted by molar-refractivity contribution is 1.34. The number of halogens is 1. The van der Waals surface area contributed by atoms with Crippen LogP contribution in [-0.4, -0.2) is 0 Å². The summed E-state index contributed by atoms with van der Waals surface area (Å²) in [5, 5.41) is 9.26. The molecule has 0 saturated carbocycles. The minimum absolute atomic E-state index is 0.537. The van der Waals surface area contributed by atoms with Crippen LogP contribution < -0.4 is 0 Å². The van der Waals surface area contributed by atoms with Crippen molar-refractivity contribution in [2.75, 3.05) is 0 Å². The number of aryl methyl sites for hydroxylation is 1. The van der Waals surface area contributed by atoms with E-state index in [0.29, 0.717) is 10.6 Å². The Morgan fingerprint density at radius 2 is 2.18 bits per heavy atom. The standard InChI is InChI=1S/C9H7ClN/c1-6-3-8(5-11)7(2)9(10)4-6/h4H,1-2H3. The van der Waals surface area contributed by atoms with E-state index in [4.69, 9.17) is 16.9 Å². The van der Waals surface area contributed by atoms with Gasteiger partial charge in [-0.1, -0.05) is 11.6 Å². The summed E-state index contributed by atoms with van der Waals surface area (Å²) in [6.45, 7) is 3.68. The first-order valence-electron chi connectivity index (χ1n) is 3.24. The molecular weight excluding hydrogens is 158 g/mol. The summed E-state index contributed by atoms with van der Waals surface area (Å²) < 4.78 is 0. The van der Waals surface area contributed by atoms with Gasteiger partial charge in [0.25, 0.3) is 0 Å². The summed E-state index contributed by atoms with van der Waals surface area (Å²) >= 11 is 5.83. The average Bonchev–Trinajstić information content (AvgIpc) is 1.96. The highest BCUT2D eigenvalue weighted by Crippen LogP contribution is 2.19. The molecule has 0 spiro atoms. The van der Waals surface area contributed by atoms with Crippen LogP contribution in [0.2, 0.25) is 5.02 Å². The molecule has 0 aliphatic carbocycles. The molecule has 0 fully saturated rings. The van der Waals surface area contributed by atoms with Gasteiger partial charge in [0.2, 0.25) is 0 Å². The number of rotatable bonds is 0. The Hall–Kier alpha value is -1.000. The molecule has 0 heterocycles. The van der Waals surface area contributed by atoms with E-state index in [1.54, 1.807) is 6.07 Å². The molecule has 1 nitrogen and oxygen atoms in total. The largest absolute Gasteiger partial charge is 0.192 e. The van der Waals surface area contributed by atoms with Crippen molar-refractivity contribution in [2.24, 2.45) is 0 Å². The maximum atomic E-state index is 8.63. The predicted octanol–water partition coefficient (Wildman–Crippen LogP) is 2.63. The van der Waals surface area contributed by atoms with Crippen LogP contribution in [0, 0.1) is 31.2 Å². The summed E-state index contributed by atoms with van der Waals surface area (Å²) in [5.41, 5.74) is 2.24. The minimum Gasteiger partial charge on any atom is -0.192 e. The molecule has 0 saturated heterocycles. The summed E-state index contributed by atoms with van der Waals surface area (Å²) in [5.74, 6) is 0. The first-order chi connectivity index (χ1) is 5.15. The fourth-order valence-corrected chi connectivity index (χ4v) is 1.11. The van der Waals surface area contributed by atoms with Gasteiger partial charge in [0.15, 0.2) is 0 Å². The van der Waals surface area contributed by atoms with Gasteiger partial charge in [0.05, 0.1) is 5.56 Å². The third-order valence-corrected chi connectivity index (χ3v) is 1.90. The number of nitrogens with zero attached hydrogens (tertiary/aromatic N) is 1. The third-order valence-electron chi connectivity index (χ3n) is 1.51. The van der Waals surface area contributed by atoms with E-state index in [1.807, 2.05) is 19.9 Å². The van der Waals surface area contributed by atoms with E-state index in [-0.39, 0.29) is 0 Å². The zero-order valence-electron chi connectivity index (χ0n) is 6.40. The Morgan fingerprint density at radius 1 is 1.55 bits per heavy atom. The molecule has 0 aliphatic heterocycles. The first kappa shape index (κ1) is 8.10. The normalized spacial score (nSPS) is 9.27. The minimum atomic E-state index is 0.537. The molecule has 0 amide bonds. The van der Waals surface area contributed by atoms with Crippen molar-refractivity contribution in [1.82, 2.24) is 0 Å². The van der Waals surface area contributed by atoms with Crippen molar-refractivity contribution >= 4 is 11.6 Å². The summed E-state index contributed by atoms with van der Waals surface area (Å²) in [6, 6.07) is 6.76. The monoisotopic (exact) mass is 164 g/mol. The zero-order chi connectivity index (χ0) is 8.43. The maximum absolute atomic E-state index is 8.63. The summed E-state index contributed by atoms with van der Waals surface area (Å²) in [6.07, 6.45) is 0. The smallest absolute Gasteiger partial charge is 0.100 e. The van der Waals surface area contributed by atoms with Gasteiger partial charge in [-0.05, 0) is 31.0 Å². The van der Waals surface area contributed by atoms with E-state index in [1.165, 1.54) is 0 Å². The molecule has 0 atom stereocenters. The Balaban J connectivity index is 3.39. The molecule has 11 heavy (non-hydrogen) atoms. The van der Waals surface area contributed by atoms with Gasteiger partial charge in [-0.3, -0.25) is 0 Å². The lowest BCUT2D eigenvalue weighted by Gasteiger charge is -2.00. The predicted molar refractivity (Wildman–Crippen MR) is 44.5 cm³/mol. The molecule has 0 N–H and O–H groups in total. The van der Waals surface area contributed by atoms with Crippen LogP contribution in [0.4, 0.5) is 0 Å². The molecule has 55 valence electrons. The Kier molecular flexibility index (Phi) is 2.16. The van der Waals surface area contributed by atoms with Crippen molar-refractivity contribution in [3.05, 3.63) is 33.8 Å². The van der Waals surface area contributed by atoms with Gasteiger partial charge in [-0.2, -0.15) is 5.26 Å². The van der Waals surface area contributed by atoms with Crippen molar-refractivity contribution < 1.29 is 0 Å². The third kappa shape index (κ3) is 1.53. The number of nitriles is 1. The molecule has 1 aromatic carbocycles. The second kappa shape index (κ2) is 2.94. The van der Waals surface area contributed by atoms with Crippen LogP contribution in [0.3, 0.4) is 0 Å². The highest BCUT2D eigenvalue weighted by atomic mass is 35.5. The summed E-state index contributed by atoms with van der Waals surface area (Å²) in [4.78, 5) is 0. The van der Waals surface area contributed by atoms with Crippen molar-refractivity contribution in [3.63, 3.8) is 0 Å². The molecule has 2 heteroatoms. The van der Waals surface area contributed by atoms with Crippen LogP contribution >= 0.6 is 11.6 Å². The van der Waals surface area contributed by atoms with E-state index >= 15 is 0 Å². The lowest BCUT2D eigenvalue weighted by atomic mass is 10.1. The highest BCUT2D eigenvalue weighted by Gasteiger charge is 2.02. The molecule has 1 rings (SSSR count). The van der Waals surface area contributed by atoms with Crippen molar-refractivity contribution in [2.45, 2.75) is 13.8 Å². The molecule has 0 bridgehead atoms. The van der Waals surface area contributed by atoms with E-state index in [2.05, 4.69) is 6.07 Å². The van der Waals surface area contributed by atoms with Crippen LogP contribution in [0.5, 0.6) is 0 Å². The van der Waals surface area contributed by atoms with Crippen LogP contribution in [0.1, 0.15) is 16.7 Å². The summed E-state index contributed by atoms with van der Waals surface area (Å²) in [7, 11) is 0. The van der Waals surface area contributed by atoms with Crippen LogP contribution in [-0.2, 0) is 0 Å². The second-order valence-corrected chi connectivity index (χ2v) is 2.82.